The highest BCUT2D eigenvalue weighted by Gasteiger charge is 2.24. The minimum atomic E-state index is 0.468. The van der Waals surface area contributed by atoms with Gasteiger partial charge in [-0.1, -0.05) is 0 Å². The van der Waals surface area contributed by atoms with E-state index in [0.29, 0.717) is 12.0 Å². The molecule has 1 saturated heterocycles. The van der Waals surface area contributed by atoms with Crippen LogP contribution in [0, 0.1) is 6.92 Å². The number of thioether (sulfide) groups is 1. The summed E-state index contributed by atoms with van der Waals surface area (Å²) < 4.78 is 4.22. The second-order valence-electron chi connectivity index (χ2n) is 4.78. The lowest BCUT2D eigenvalue weighted by molar-refractivity contribution is 0.503. The quantitative estimate of drug-likeness (QED) is 0.904. The van der Waals surface area contributed by atoms with Crippen LogP contribution in [0.2, 0.25) is 0 Å². The van der Waals surface area contributed by atoms with Crippen molar-refractivity contribution in [2.24, 2.45) is 0 Å². The van der Waals surface area contributed by atoms with Gasteiger partial charge in [0.1, 0.15) is 5.52 Å². The van der Waals surface area contributed by atoms with Crippen LogP contribution in [-0.4, -0.2) is 30.8 Å². The van der Waals surface area contributed by atoms with E-state index in [2.05, 4.69) is 21.6 Å². The van der Waals surface area contributed by atoms with E-state index in [0.717, 1.165) is 29.2 Å². The van der Waals surface area contributed by atoms with Crippen LogP contribution in [0.5, 0.6) is 0 Å². The maximum absolute atomic E-state index is 6.12. The van der Waals surface area contributed by atoms with Crippen LogP contribution in [0.1, 0.15) is 31.5 Å². The molecule has 2 aromatic rings. The number of fused-ring (bicyclic) bond motifs is 1. The van der Waals surface area contributed by atoms with Gasteiger partial charge in [-0.05, 0) is 32.4 Å². The van der Waals surface area contributed by atoms with E-state index in [1.54, 1.807) is 0 Å². The third-order valence-electron chi connectivity index (χ3n) is 3.57. The average Bonchev–Trinajstić information content (AvgIpc) is 2.88. The zero-order valence-electron chi connectivity index (χ0n) is 10.9. The van der Waals surface area contributed by atoms with Gasteiger partial charge in [0.05, 0.1) is 5.69 Å². The molecule has 5 nitrogen and oxygen atoms in total. The van der Waals surface area contributed by atoms with E-state index in [9.17, 15) is 0 Å². The Kier molecular flexibility index (Phi) is 2.97. The molecule has 0 amide bonds. The van der Waals surface area contributed by atoms with Gasteiger partial charge in [-0.2, -0.15) is 16.9 Å². The maximum Gasteiger partial charge on any atom is 0.202 e. The summed E-state index contributed by atoms with van der Waals surface area (Å²) in [5.41, 5.74) is 9.16. The molecule has 3 heterocycles. The van der Waals surface area contributed by atoms with Crippen molar-refractivity contribution in [3.05, 3.63) is 5.69 Å². The first kappa shape index (κ1) is 11.9. The van der Waals surface area contributed by atoms with Crippen molar-refractivity contribution >= 4 is 28.9 Å². The van der Waals surface area contributed by atoms with Crippen LogP contribution in [0.4, 0.5) is 5.95 Å². The van der Waals surface area contributed by atoms with Crippen LogP contribution in [-0.2, 0) is 6.54 Å². The molecule has 1 atom stereocenters. The summed E-state index contributed by atoms with van der Waals surface area (Å²) in [6, 6.07) is 0.468. The molecule has 0 bridgehead atoms. The number of anilines is 1. The first-order valence-corrected chi connectivity index (χ1v) is 7.66. The monoisotopic (exact) mass is 265 g/mol. The first-order valence-electron chi connectivity index (χ1n) is 6.51. The van der Waals surface area contributed by atoms with Crippen LogP contribution < -0.4 is 5.73 Å². The highest BCUT2D eigenvalue weighted by Crippen LogP contribution is 2.32. The topological polar surface area (TPSA) is 61.7 Å². The Hall–Kier alpha value is -1.17. The molecule has 0 aliphatic carbocycles. The van der Waals surface area contributed by atoms with Crippen molar-refractivity contribution in [1.82, 2.24) is 19.3 Å². The molecule has 3 rings (SSSR count). The van der Waals surface area contributed by atoms with Gasteiger partial charge in [-0.15, -0.1) is 0 Å². The number of hydrogen-bond acceptors (Lipinski definition) is 4. The van der Waals surface area contributed by atoms with Gasteiger partial charge in [0.15, 0.2) is 5.65 Å². The fraction of sp³-hybridized carbons (Fsp3) is 0.667. The molecule has 1 aliphatic heterocycles. The minimum absolute atomic E-state index is 0.468. The van der Waals surface area contributed by atoms with Gasteiger partial charge >= 0.3 is 0 Å². The Morgan fingerprint density at radius 1 is 1.50 bits per heavy atom. The minimum Gasteiger partial charge on any atom is -0.369 e. The average molecular weight is 265 g/mol. The maximum atomic E-state index is 6.12. The molecule has 6 heteroatoms. The van der Waals surface area contributed by atoms with E-state index in [1.807, 2.05) is 23.4 Å². The molecular weight excluding hydrogens is 246 g/mol. The number of nitrogens with two attached hydrogens (primary N) is 1. The number of aromatic nitrogens is 4. The molecule has 1 unspecified atom stereocenters. The molecule has 98 valence electrons. The first-order chi connectivity index (χ1) is 8.72. The lowest BCUT2D eigenvalue weighted by atomic mass is 10.2. The fourth-order valence-electron chi connectivity index (χ4n) is 2.71. The van der Waals surface area contributed by atoms with Gasteiger partial charge in [-0.25, -0.2) is 9.67 Å². The van der Waals surface area contributed by atoms with Gasteiger partial charge in [0.25, 0.3) is 0 Å². The summed E-state index contributed by atoms with van der Waals surface area (Å²) in [5.74, 6) is 3.03. The fourth-order valence-corrected chi connectivity index (χ4v) is 3.84. The number of nitrogen functional groups attached to an aromatic ring is 1. The van der Waals surface area contributed by atoms with Crippen LogP contribution >= 0.6 is 11.8 Å². The van der Waals surface area contributed by atoms with E-state index in [-0.39, 0.29) is 0 Å². The normalized spacial score (nSPS) is 20.7. The number of rotatable bonds is 2. The molecule has 2 aromatic heterocycles. The third kappa shape index (κ3) is 1.70. The second kappa shape index (κ2) is 4.50. The Balaban J connectivity index is 2.16. The zero-order chi connectivity index (χ0) is 12.7. The number of nitrogens with zero attached hydrogens (tertiary/aromatic N) is 4. The number of imidazole rings is 1. The summed E-state index contributed by atoms with van der Waals surface area (Å²) in [7, 11) is 0. The molecule has 1 aliphatic rings. The Labute approximate surface area is 111 Å². The highest BCUT2D eigenvalue weighted by molar-refractivity contribution is 7.99. The molecule has 1 fully saturated rings. The summed E-state index contributed by atoms with van der Waals surface area (Å²) in [5, 5.41) is 4.54. The van der Waals surface area contributed by atoms with E-state index in [4.69, 9.17) is 5.73 Å². The lowest BCUT2D eigenvalue weighted by Crippen LogP contribution is -2.19. The number of hydrogen-bond donors (Lipinski definition) is 1. The highest BCUT2D eigenvalue weighted by atomic mass is 32.2. The molecule has 0 saturated carbocycles. The molecular formula is C12H19N5S. The summed E-state index contributed by atoms with van der Waals surface area (Å²) in [4.78, 5) is 4.50. The Bertz CT molecular complexity index is 565. The van der Waals surface area contributed by atoms with Crippen molar-refractivity contribution in [1.29, 1.82) is 0 Å². The summed E-state index contributed by atoms with van der Waals surface area (Å²) in [6.45, 7) is 4.96. The lowest BCUT2D eigenvalue weighted by Gasteiger charge is -2.24. The van der Waals surface area contributed by atoms with E-state index in [1.165, 1.54) is 18.6 Å². The zero-order valence-corrected chi connectivity index (χ0v) is 11.7. The van der Waals surface area contributed by atoms with Crippen molar-refractivity contribution in [2.75, 3.05) is 17.2 Å². The SMILES string of the molecule is CCn1nc(C)c2nc(N)n(C3CCCSC3)c21. The van der Waals surface area contributed by atoms with Crippen molar-refractivity contribution < 1.29 is 0 Å². The third-order valence-corrected chi connectivity index (χ3v) is 4.77. The standard InChI is InChI=1S/C12H19N5S/c1-3-16-11-10(8(2)15-16)14-12(13)17(11)9-5-4-6-18-7-9/h9H,3-7H2,1-2H3,(H2,13,14). The summed E-state index contributed by atoms with van der Waals surface area (Å²) in [6.07, 6.45) is 2.45. The van der Waals surface area contributed by atoms with Gasteiger partial charge in [-0.3, -0.25) is 4.57 Å². The smallest absolute Gasteiger partial charge is 0.202 e. The van der Waals surface area contributed by atoms with E-state index >= 15 is 0 Å². The van der Waals surface area contributed by atoms with Gasteiger partial charge < -0.3 is 5.73 Å². The molecule has 2 N–H and O–H groups in total. The molecule has 0 radical (unpaired) electrons. The molecule has 0 spiro atoms. The van der Waals surface area contributed by atoms with Crippen LogP contribution in [0.3, 0.4) is 0 Å². The molecule has 18 heavy (non-hydrogen) atoms. The van der Waals surface area contributed by atoms with Gasteiger partial charge in [0, 0.05) is 18.3 Å². The van der Waals surface area contributed by atoms with Crippen molar-refractivity contribution in [3.63, 3.8) is 0 Å². The van der Waals surface area contributed by atoms with Crippen molar-refractivity contribution in [2.45, 2.75) is 39.3 Å². The number of aryl methyl sites for hydroxylation is 2. The predicted octanol–water partition coefficient (Wildman–Crippen LogP) is 2.21. The summed E-state index contributed by atoms with van der Waals surface area (Å²) >= 11 is 2.00. The van der Waals surface area contributed by atoms with Gasteiger partial charge in [0.2, 0.25) is 5.95 Å². The predicted molar refractivity (Wildman–Crippen MR) is 75.9 cm³/mol. The van der Waals surface area contributed by atoms with Crippen LogP contribution in [0.25, 0.3) is 11.2 Å². The largest absolute Gasteiger partial charge is 0.369 e. The van der Waals surface area contributed by atoms with Crippen molar-refractivity contribution in [3.8, 4) is 0 Å². The van der Waals surface area contributed by atoms with Crippen LogP contribution in [0.15, 0.2) is 0 Å². The Morgan fingerprint density at radius 2 is 2.33 bits per heavy atom. The molecule has 0 aromatic carbocycles. The second-order valence-corrected chi connectivity index (χ2v) is 5.93. The Morgan fingerprint density at radius 3 is 3.00 bits per heavy atom. The van der Waals surface area contributed by atoms with E-state index < -0.39 is 0 Å².